The number of primary amides is 1. The molecular formula is C25H43N3O3. The zero-order valence-corrected chi connectivity index (χ0v) is 19.8. The second-order valence-electron chi connectivity index (χ2n) is 10.6. The van der Waals surface area contributed by atoms with Crippen molar-refractivity contribution in [2.45, 2.75) is 116 Å². The second kappa shape index (κ2) is 10.8. The number of nitrogens with zero attached hydrogens (tertiary/aromatic N) is 1. The fourth-order valence-corrected chi connectivity index (χ4v) is 6.30. The van der Waals surface area contributed by atoms with E-state index in [9.17, 15) is 14.4 Å². The fourth-order valence-electron chi connectivity index (χ4n) is 6.30. The molecule has 3 aliphatic carbocycles. The Morgan fingerprint density at radius 1 is 0.742 bits per heavy atom. The second-order valence-corrected chi connectivity index (χ2v) is 10.6. The Labute approximate surface area is 188 Å². The molecule has 6 heteroatoms. The van der Waals surface area contributed by atoms with Crippen LogP contribution in [-0.4, -0.2) is 40.7 Å². The average Bonchev–Trinajstić information content (AvgIpc) is 2.72. The van der Waals surface area contributed by atoms with Crippen LogP contribution in [-0.2, 0) is 14.4 Å². The van der Waals surface area contributed by atoms with Crippen molar-refractivity contribution in [3.05, 3.63) is 0 Å². The van der Waals surface area contributed by atoms with Crippen LogP contribution in [0.5, 0.6) is 0 Å². The van der Waals surface area contributed by atoms with E-state index in [0.29, 0.717) is 17.8 Å². The molecule has 0 saturated heterocycles. The lowest BCUT2D eigenvalue weighted by Gasteiger charge is -2.47. The number of carbonyl (C=O) groups excluding carboxylic acids is 3. The maximum Gasteiger partial charge on any atom is 0.245 e. The van der Waals surface area contributed by atoms with Crippen LogP contribution in [0.15, 0.2) is 0 Å². The van der Waals surface area contributed by atoms with Gasteiger partial charge in [-0.1, -0.05) is 59.3 Å². The van der Waals surface area contributed by atoms with Crippen LogP contribution in [0.25, 0.3) is 0 Å². The van der Waals surface area contributed by atoms with E-state index in [-0.39, 0.29) is 24.0 Å². The molecule has 3 aliphatic rings. The molecular weight excluding hydrogens is 390 g/mol. The Bertz CT molecular complexity index is 630. The average molecular weight is 434 g/mol. The predicted molar refractivity (Wildman–Crippen MR) is 122 cm³/mol. The molecule has 3 N–H and O–H groups in total. The van der Waals surface area contributed by atoms with Crippen molar-refractivity contribution in [2.24, 2.45) is 29.4 Å². The molecule has 0 aromatic heterocycles. The Kier molecular flexibility index (Phi) is 8.40. The number of amides is 3. The van der Waals surface area contributed by atoms with Gasteiger partial charge in [0.05, 0.1) is 0 Å². The molecule has 6 nitrogen and oxygen atoms in total. The van der Waals surface area contributed by atoms with Crippen molar-refractivity contribution < 1.29 is 14.4 Å². The lowest BCUT2D eigenvalue weighted by Crippen LogP contribution is -2.60. The molecule has 7 atom stereocenters. The van der Waals surface area contributed by atoms with Gasteiger partial charge in [-0.05, 0) is 56.3 Å². The normalized spacial score (nSPS) is 35.1. The van der Waals surface area contributed by atoms with E-state index in [1.165, 1.54) is 19.3 Å². The highest BCUT2D eigenvalue weighted by atomic mass is 16.2. The predicted octanol–water partition coefficient (Wildman–Crippen LogP) is 3.77. The van der Waals surface area contributed by atoms with E-state index in [4.69, 9.17) is 5.73 Å². The molecule has 0 heterocycles. The zero-order valence-electron chi connectivity index (χ0n) is 19.8. The molecule has 3 fully saturated rings. The van der Waals surface area contributed by atoms with Crippen molar-refractivity contribution in [3.8, 4) is 0 Å². The summed E-state index contributed by atoms with van der Waals surface area (Å²) in [6.45, 7) is 6.55. The van der Waals surface area contributed by atoms with Crippen LogP contribution in [0.2, 0.25) is 0 Å². The van der Waals surface area contributed by atoms with Crippen molar-refractivity contribution >= 4 is 17.7 Å². The summed E-state index contributed by atoms with van der Waals surface area (Å²) in [6.07, 6.45) is 12.8. The molecule has 3 rings (SSSR count). The van der Waals surface area contributed by atoms with Gasteiger partial charge >= 0.3 is 0 Å². The first-order valence-corrected chi connectivity index (χ1v) is 12.7. The van der Waals surface area contributed by atoms with E-state index >= 15 is 0 Å². The fraction of sp³-hybridized carbons (Fsp3) is 0.880. The minimum Gasteiger partial charge on any atom is -0.369 e. The highest BCUT2D eigenvalue weighted by molar-refractivity contribution is 6.17. The van der Waals surface area contributed by atoms with E-state index in [0.717, 1.165) is 57.8 Å². The molecule has 3 amide bonds. The first kappa shape index (κ1) is 24.1. The Morgan fingerprint density at radius 2 is 1.19 bits per heavy atom. The standard InChI is InChI=1S/C25H43N3O3/c1-16-10-4-7-13-19(16)27-24(30)22(23(26)29)25(31)28(20-14-8-5-11-17(20)2)21-15-9-6-12-18(21)3/h16-22H,4-15H2,1-3H3,(H2,26,29)(H,27,30). The van der Waals surface area contributed by atoms with Gasteiger partial charge < -0.3 is 16.0 Å². The van der Waals surface area contributed by atoms with Gasteiger partial charge in [-0.3, -0.25) is 14.4 Å². The molecule has 176 valence electrons. The smallest absolute Gasteiger partial charge is 0.245 e. The molecule has 0 radical (unpaired) electrons. The quantitative estimate of drug-likeness (QED) is 0.625. The third-order valence-electron chi connectivity index (χ3n) is 8.33. The van der Waals surface area contributed by atoms with Gasteiger partial charge in [-0.15, -0.1) is 0 Å². The van der Waals surface area contributed by atoms with Crippen LogP contribution in [0.1, 0.15) is 97.8 Å². The third-order valence-corrected chi connectivity index (χ3v) is 8.33. The maximum atomic E-state index is 13.9. The number of carbonyl (C=O) groups is 3. The van der Waals surface area contributed by atoms with Crippen molar-refractivity contribution in [2.75, 3.05) is 0 Å². The maximum absolute atomic E-state index is 13.9. The molecule has 3 saturated carbocycles. The molecule has 0 aromatic carbocycles. The number of nitrogens with one attached hydrogen (secondary N) is 1. The van der Waals surface area contributed by atoms with Crippen LogP contribution in [0.3, 0.4) is 0 Å². The minimum atomic E-state index is -1.42. The van der Waals surface area contributed by atoms with Crippen molar-refractivity contribution in [3.63, 3.8) is 0 Å². The first-order valence-electron chi connectivity index (χ1n) is 12.7. The van der Waals surface area contributed by atoms with Crippen LogP contribution < -0.4 is 11.1 Å². The summed E-state index contributed by atoms with van der Waals surface area (Å²) < 4.78 is 0. The highest BCUT2D eigenvalue weighted by Crippen LogP contribution is 2.36. The third kappa shape index (κ3) is 5.61. The Morgan fingerprint density at radius 3 is 1.65 bits per heavy atom. The summed E-state index contributed by atoms with van der Waals surface area (Å²) in [5.41, 5.74) is 5.70. The lowest BCUT2D eigenvalue weighted by atomic mass is 9.79. The van der Waals surface area contributed by atoms with Gasteiger partial charge in [0, 0.05) is 18.1 Å². The monoisotopic (exact) mass is 433 g/mol. The van der Waals surface area contributed by atoms with Gasteiger partial charge in [0.25, 0.3) is 0 Å². The van der Waals surface area contributed by atoms with Gasteiger partial charge in [0.1, 0.15) is 0 Å². The number of nitrogens with two attached hydrogens (primary N) is 1. The van der Waals surface area contributed by atoms with Gasteiger partial charge in [0.2, 0.25) is 17.7 Å². The van der Waals surface area contributed by atoms with Crippen LogP contribution in [0.4, 0.5) is 0 Å². The molecule has 7 unspecified atom stereocenters. The summed E-state index contributed by atoms with van der Waals surface area (Å²) in [7, 11) is 0. The SMILES string of the molecule is CC1CCCCC1NC(=O)C(C(N)=O)C(=O)N(C1CCCCC1C)C1CCCCC1C. The topological polar surface area (TPSA) is 92.5 Å². The van der Waals surface area contributed by atoms with Gasteiger partial charge in [-0.25, -0.2) is 0 Å². The van der Waals surface area contributed by atoms with E-state index < -0.39 is 17.7 Å². The van der Waals surface area contributed by atoms with E-state index in [1.54, 1.807) is 0 Å². The van der Waals surface area contributed by atoms with E-state index in [1.807, 2.05) is 4.90 Å². The summed E-state index contributed by atoms with van der Waals surface area (Å²) >= 11 is 0. The minimum absolute atomic E-state index is 0.0200. The molecule has 0 aliphatic heterocycles. The van der Waals surface area contributed by atoms with Crippen LogP contribution >= 0.6 is 0 Å². The number of rotatable bonds is 6. The van der Waals surface area contributed by atoms with Crippen molar-refractivity contribution in [1.29, 1.82) is 0 Å². The largest absolute Gasteiger partial charge is 0.369 e. The molecule has 0 aromatic rings. The lowest BCUT2D eigenvalue weighted by molar-refractivity contribution is -0.153. The van der Waals surface area contributed by atoms with Gasteiger partial charge in [0.15, 0.2) is 5.92 Å². The summed E-state index contributed by atoms with van der Waals surface area (Å²) in [4.78, 5) is 41.5. The Hall–Kier alpha value is -1.59. The number of hydrogen-bond donors (Lipinski definition) is 2. The van der Waals surface area contributed by atoms with Crippen molar-refractivity contribution in [1.82, 2.24) is 10.2 Å². The van der Waals surface area contributed by atoms with Crippen LogP contribution in [0, 0.1) is 23.7 Å². The summed E-state index contributed by atoms with van der Waals surface area (Å²) in [6, 6.07) is 0.205. The zero-order chi connectivity index (χ0) is 22.5. The molecule has 0 bridgehead atoms. The van der Waals surface area contributed by atoms with E-state index in [2.05, 4.69) is 26.1 Å². The number of hydrogen-bond acceptors (Lipinski definition) is 3. The first-order chi connectivity index (χ1) is 14.8. The Balaban J connectivity index is 1.85. The summed E-state index contributed by atoms with van der Waals surface area (Å²) in [5, 5.41) is 3.03. The molecule has 31 heavy (non-hydrogen) atoms. The summed E-state index contributed by atoms with van der Waals surface area (Å²) in [5.74, 6) is -1.97. The molecule has 0 spiro atoms. The van der Waals surface area contributed by atoms with Gasteiger partial charge in [-0.2, -0.15) is 0 Å². The highest BCUT2D eigenvalue weighted by Gasteiger charge is 2.45.